The van der Waals surface area contributed by atoms with E-state index in [0.717, 1.165) is 49.6 Å². The lowest BCUT2D eigenvalue weighted by molar-refractivity contribution is -0.118. The topological polar surface area (TPSA) is 54.5 Å². The molecule has 1 saturated heterocycles. The minimum absolute atomic E-state index is 0.103. The molecular formula is C24H31N3O2. The van der Waals surface area contributed by atoms with E-state index in [-0.39, 0.29) is 5.91 Å². The summed E-state index contributed by atoms with van der Waals surface area (Å²) in [6.45, 7) is 7.89. The minimum atomic E-state index is 0.103. The van der Waals surface area contributed by atoms with Crippen molar-refractivity contribution in [3.8, 4) is 5.75 Å². The maximum Gasteiger partial charge on any atom is 0.224 e. The summed E-state index contributed by atoms with van der Waals surface area (Å²) in [5.41, 5.74) is 3.13. The number of fused-ring (bicyclic) bond motifs is 2. The number of aromatic nitrogens is 1. The number of hydrogen-bond donors (Lipinski definition) is 1. The first-order chi connectivity index (χ1) is 14.1. The van der Waals surface area contributed by atoms with Crippen molar-refractivity contribution in [2.24, 2.45) is 11.8 Å². The third kappa shape index (κ3) is 4.96. The van der Waals surface area contributed by atoms with E-state index in [1.807, 2.05) is 24.4 Å². The highest BCUT2D eigenvalue weighted by atomic mass is 16.5. The van der Waals surface area contributed by atoms with Crippen LogP contribution in [0.4, 0.5) is 5.69 Å². The number of ether oxygens (including phenoxy) is 1. The van der Waals surface area contributed by atoms with Crippen LogP contribution >= 0.6 is 0 Å². The fourth-order valence-electron chi connectivity index (χ4n) is 4.51. The third-order valence-electron chi connectivity index (χ3n) is 6.23. The van der Waals surface area contributed by atoms with Gasteiger partial charge in [0.2, 0.25) is 5.91 Å². The smallest absolute Gasteiger partial charge is 0.224 e. The molecule has 0 bridgehead atoms. The summed E-state index contributed by atoms with van der Waals surface area (Å²) in [5, 5.41) is 3.12. The fourth-order valence-corrected chi connectivity index (χ4v) is 4.51. The summed E-state index contributed by atoms with van der Waals surface area (Å²) in [5.74, 6) is 2.18. The van der Waals surface area contributed by atoms with Gasteiger partial charge in [0.05, 0.1) is 18.0 Å². The van der Waals surface area contributed by atoms with Crippen LogP contribution in [0.2, 0.25) is 0 Å². The highest BCUT2D eigenvalue weighted by Crippen LogP contribution is 2.34. The largest absolute Gasteiger partial charge is 0.491 e. The molecule has 29 heavy (non-hydrogen) atoms. The molecular weight excluding hydrogens is 362 g/mol. The Balaban J connectivity index is 1.46. The average Bonchev–Trinajstić information content (AvgIpc) is 2.71. The molecule has 1 amide bonds. The SMILES string of the molecule is CC(C)c1ccc2c(c1)NC(=O)C[C@@H]1CCN(Cc3ccccn3)C[C@@H]1CCO2. The molecule has 0 aliphatic carbocycles. The Labute approximate surface area is 173 Å². The maximum absolute atomic E-state index is 12.8. The molecule has 154 valence electrons. The second-order valence-electron chi connectivity index (χ2n) is 8.66. The molecule has 1 fully saturated rings. The number of carbonyl (C=O) groups excluding carboxylic acids is 1. The highest BCUT2D eigenvalue weighted by Gasteiger charge is 2.31. The molecule has 5 heteroatoms. The fraction of sp³-hybridized carbons (Fsp3) is 0.500. The predicted molar refractivity (Wildman–Crippen MR) is 115 cm³/mol. The van der Waals surface area contributed by atoms with Crippen LogP contribution in [0.15, 0.2) is 42.6 Å². The van der Waals surface area contributed by atoms with Gasteiger partial charge in [-0.2, -0.15) is 0 Å². The van der Waals surface area contributed by atoms with Crippen molar-refractivity contribution in [1.82, 2.24) is 9.88 Å². The number of piperidine rings is 1. The summed E-state index contributed by atoms with van der Waals surface area (Å²) < 4.78 is 6.10. The molecule has 3 heterocycles. The molecule has 1 aromatic carbocycles. The molecule has 5 nitrogen and oxygen atoms in total. The van der Waals surface area contributed by atoms with Gasteiger partial charge in [0.1, 0.15) is 5.75 Å². The molecule has 4 rings (SSSR count). The van der Waals surface area contributed by atoms with Gasteiger partial charge >= 0.3 is 0 Å². The van der Waals surface area contributed by atoms with E-state index >= 15 is 0 Å². The van der Waals surface area contributed by atoms with Crippen LogP contribution in [-0.2, 0) is 11.3 Å². The van der Waals surface area contributed by atoms with Gasteiger partial charge in [-0.05, 0) is 67.0 Å². The first kappa shape index (κ1) is 19.9. The Hall–Kier alpha value is -2.40. The Kier molecular flexibility index (Phi) is 6.14. The van der Waals surface area contributed by atoms with E-state index in [2.05, 4.69) is 47.2 Å². The average molecular weight is 394 g/mol. The molecule has 0 spiro atoms. The van der Waals surface area contributed by atoms with Gasteiger partial charge in [0, 0.05) is 25.7 Å². The van der Waals surface area contributed by atoms with Crippen molar-refractivity contribution in [1.29, 1.82) is 0 Å². The molecule has 2 aliphatic rings. The predicted octanol–water partition coefficient (Wildman–Crippen LogP) is 4.45. The number of amides is 1. The number of nitrogens with one attached hydrogen (secondary N) is 1. The van der Waals surface area contributed by atoms with Gasteiger partial charge in [-0.1, -0.05) is 26.0 Å². The van der Waals surface area contributed by atoms with E-state index in [1.54, 1.807) is 0 Å². The summed E-state index contributed by atoms with van der Waals surface area (Å²) in [4.78, 5) is 19.7. The maximum atomic E-state index is 12.8. The first-order valence-corrected chi connectivity index (χ1v) is 10.8. The van der Waals surface area contributed by atoms with Crippen LogP contribution in [0.3, 0.4) is 0 Å². The normalized spacial score (nSPS) is 22.9. The van der Waals surface area contributed by atoms with Crippen LogP contribution in [0, 0.1) is 11.8 Å². The summed E-state index contributed by atoms with van der Waals surface area (Å²) in [6.07, 6.45) is 4.46. The lowest BCUT2D eigenvalue weighted by atomic mass is 9.81. The van der Waals surface area contributed by atoms with Gasteiger partial charge in [0.25, 0.3) is 0 Å². The van der Waals surface area contributed by atoms with Crippen LogP contribution in [0.25, 0.3) is 0 Å². The number of pyridine rings is 1. The molecule has 0 unspecified atom stereocenters. The van der Waals surface area contributed by atoms with Crippen molar-refractivity contribution in [2.75, 3.05) is 25.0 Å². The van der Waals surface area contributed by atoms with Gasteiger partial charge in [-0.25, -0.2) is 0 Å². The van der Waals surface area contributed by atoms with Crippen molar-refractivity contribution >= 4 is 11.6 Å². The van der Waals surface area contributed by atoms with E-state index < -0.39 is 0 Å². The van der Waals surface area contributed by atoms with Crippen LogP contribution in [-0.4, -0.2) is 35.5 Å². The van der Waals surface area contributed by atoms with E-state index in [4.69, 9.17) is 4.74 Å². The van der Waals surface area contributed by atoms with Crippen molar-refractivity contribution < 1.29 is 9.53 Å². The number of carbonyl (C=O) groups is 1. The number of nitrogens with zero attached hydrogens (tertiary/aromatic N) is 2. The van der Waals surface area contributed by atoms with Crippen LogP contribution in [0.5, 0.6) is 5.75 Å². The molecule has 2 atom stereocenters. The molecule has 2 aromatic rings. The van der Waals surface area contributed by atoms with Crippen molar-refractivity contribution in [2.45, 2.75) is 45.6 Å². The molecule has 0 saturated carbocycles. The summed E-state index contributed by atoms with van der Waals surface area (Å²) in [7, 11) is 0. The van der Waals surface area contributed by atoms with E-state index in [0.29, 0.717) is 30.8 Å². The third-order valence-corrected chi connectivity index (χ3v) is 6.23. The lowest BCUT2D eigenvalue weighted by Gasteiger charge is -2.39. The molecule has 1 aromatic heterocycles. The first-order valence-electron chi connectivity index (χ1n) is 10.8. The molecule has 2 aliphatic heterocycles. The van der Waals surface area contributed by atoms with Gasteiger partial charge in [0.15, 0.2) is 0 Å². The van der Waals surface area contributed by atoms with E-state index in [1.165, 1.54) is 5.56 Å². The zero-order valence-corrected chi connectivity index (χ0v) is 17.4. The zero-order valence-electron chi connectivity index (χ0n) is 17.4. The number of anilines is 1. The number of rotatable bonds is 3. The van der Waals surface area contributed by atoms with Crippen LogP contribution in [0.1, 0.15) is 50.3 Å². The van der Waals surface area contributed by atoms with Gasteiger partial charge in [-0.3, -0.25) is 14.7 Å². The monoisotopic (exact) mass is 393 g/mol. The quantitative estimate of drug-likeness (QED) is 0.837. The standard InChI is InChI=1S/C24H31N3O2/c1-17(2)18-6-7-23-22(13-18)26-24(28)14-19-8-11-27(15-20(19)9-12-29-23)16-21-5-3-4-10-25-21/h3-7,10,13,17,19-20H,8-9,11-12,14-16H2,1-2H3,(H,26,28)/t19-,20-/m0/s1. The Morgan fingerprint density at radius 1 is 1.21 bits per heavy atom. The van der Waals surface area contributed by atoms with Crippen molar-refractivity contribution in [3.63, 3.8) is 0 Å². The van der Waals surface area contributed by atoms with Crippen molar-refractivity contribution in [3.05, 3.63) is 53.9 Å². The van der Waals surface area contributed by atoms with E-state index in [9.17, 15) is 4.79 Å². The Morgan fingerprint density at radius 2 is 2.10 bits per heavy atom. The highest BCUT2D eigenvalue weighted by molar-refractivity contribution is 5.92. The Morgan fingerprint density at radius 3 is 2.90 bits per heavy atom. The molecule has 0 radical (unpaired) electrons. The number of benzene rings is 1. The molecule has 1 N–H and O–H groups in total. The zero-order chi connectivity index (χ0) is 20.2. The van der Waals surface area contributed by atoms with Crippen LogP contribution < -0.4 is 10.1 Å². The van der Waals surface area contributed by atoms with Gasteiger partial charge < -0.3 is 10.1 Å². The summed E-state index contributed by atoms with van der Waals surface area (Å²) in [6, 6.07) is 12.2. The minimum Gasteiger partial charge on any atom is -0.491 e. The van der Waals surface area contributed by atoms with Gasteiger partial charge in [-0.15, -0.1) is 0 Å². The number of hydrogen-bond acceptors (Lipinski definition) is 4. The Bertz CT molecular complexity index is 837. The summed E-state index contributed by atoms with van der Waals surface area (Å²) >= 11 is 0. The second kappa shape index (κ2) is 8.95. The number of likely N-dealkylation sites (tertiary alicyclic amines) is 1. The lowest BCUT2D eigenvalue weighted by Crippen LogP contribution is -2.42. The second-order valence-corrected chi connectivity index (χ2v) is 8.66.